The molecule has 168 valence electrons. The predicted octanol–water partition coefficient (Wildman–Crippen LogP) is 5.84. The average molecular weight is 454 g/mol. The summed E-state index contributed by atoms with van der Waals surface area (Å²) in [6.07, 6.45) is -9.89. The normalized spacial score (nSPS) is 13.5. The first-order valence-electron chi connectivity index (χ1n) is 8.70. The van der Waals surface area contributed by atoms with Crippen molar-refractivity contribution in [3.8, 4) is 0 Å². The highest BCUT2D eigenvalue weighted by molar-refractivity contribution is 6.00. The van der Waals surface area contributed by atoms with Gasteiger partial charge >= 0.3 is 18.3 Å². The van der Waals surface area contributed by atoms with Crippen LogP contribution in [0.5, 0.6) is 0 Å². The number of aryl methyl sites for hydroxylation is 1. The molecule has 0 radical (unpaired) electrons. The number of carboxylic acids is 1. The Morgan fingerprint density at radius 2 is 1.45 bits per heavy atom. The van der Waals surface area contributed by atoms with Crippen molar-refractivity contribution in [2.75, 3.05) is 0 Å². The summed E-state index contributed by atoms with van der Waals surface area (Å²) < 4.78 is 100. The Morgan fingerprint density at radius 3 is 2.00 bits per heavy atom. The number of Topliss-reactive ketones (excluding diaryl/α,β-unsaturated/α-hetero) is 1. The summed E-state index contributed by atoms with van der Waals surface area (Å²) in [6, 6.07) is 3.53. The molecule has 0 saturated carbocycles. The molecule has 0 fully saturated rings. The van der Waals surface area contributed by atoms with Crippen LogP contribution in [0.3, 0.4) is 0 Å². The fourth-order valence-electron chi connectivity index (χ4n) is 3.05. The molecule has 31 heavy (non-hydrogen) atoms. The average Bonchev–Trinajstić information content (AvgIpc) is 2.99. The molecule has 0 aliphatic heterocycles. The molecule has 1 aliphatic carbocycles. The number of carboxylic acid groups (broad SMARTS) is 1. The summed E-state index contributed by atoms with van der Waals surface area (Å²) >= 11 is 0. The largest absolute Gasteiger partial charge is 0.481 e. The summed E-state index contributed by atoms with van der Waals surface area (Å²) in [4.78, 5) is 21.4. The van der Waals surface area contributed by atoms with E-state index in [4.69, 9.17) is 5.11 Å². The van der Waals surface area contributed by atoms with E-state index in [2.05, 4.69) is 0 Å². The van der Waals surface area contributed by atoms with Crippen LogP contribution < -0.4 is 0 Å². The summed E-state index contributed by atoms with van der Waals surface area (Å²) in [5, 5.41) is 8.37. The summed E-state index contributed by atoms with van der Waals surface area (Å²) in [5.41, 5.74) is -2.55. The topological polar surface area (TPSA) is 54.4 Å². The summed E-state index contributed by atoms with van der Waals surface area (Å²) in [5.74, 6) is -3.63. The zero-order valence-corrected chi connectivity index (χ0v) is 15.5. The molecule has 0 atom stereocenters. The minimum Gasteiger partial charge on any atom is -0.481 e. The lowest BCUT2D eigenvalue weighted by Gasteiger charge is -2.12. The van der Waals surface area contributed by atoms with E-state index in [-0.39, 0.29) is 36.0 Å². The third-order valence-corrected chi connectivity index (χ3v) is 4.41. The van der Waals surface area contributed by atoms with E-state index < -0.39 is 53.3 Å². The van der Waals surface area contributed by atoms with Crippen molar-refractivity contribution in [1.82, 2.24) is 0 Å². The van der Waals surface area contributed by atoms with Gasteiger partial charge in [-0.1, -0.05) is 6.07 Å². The maximum Gasteiger partial charge on any atom is 0.416 e. The van der Waals surface area contributed by atoms with Gasteiger partial charge in [0.2, 0.25) is 0 Å². The van der Waals surface area contributed by atoms with E-state index in [1.165, 1.54) is 0 Å². The second kappa shape index (κ2) is 9.03. The van der Waals surface area contributed by atoms with Gasteiger partial charge in [-0.15, -0.1) is 0 Å². The molecular weight excluding hydrogens is 440 g/mol. The van der Waals surface area contributed by atoms with Crippen LogP contribution in [0.15, 0.2) is 30.3 Å². The molecule has 1 N–H and O–H groups in total. The van der Waals surface area contributed by atoms with Gasteiger partial charge in [-0.05, 0) is 48.2 Å². The predicted molar refractivity (Wildman–Crippen MR) is 91.4 cm³/mol. The smallest absolute Gasteiger partial charge is 0.416 e. The minimum atomic E-state index is -4.67. The molecule has 0 spiro atoms. The standard InChI is InChI=1S/C10H8F4O2.C10H6F4O/c11-7-3-1-6(2-4-9(15)16)8(5-7)10(12,13)14;11-5-3-7-6(1-2-9(7)15)8(4-5)10(12,13)14/h1,3,5H,2,4H2,(H,15,16);3-4H,1-2H2. The Morgan fingerprint density at radius 1 is 0.871 bits per heavy atom. The van der Waals surface area contributed by atoms with Crippen LogP contribution in [-0.2, 0) is 30.0 Å². The van der Waals surface area contributed by atoms with Gasteiger partial charge in [-0.2, -0.15) is 26.3 Å². The van der Waals surface area contributed by atoms with E-state index in [0.717, 1.165) is 18.2 Å². The highest BCUT2D eigenvalue weighted by Crippen LogP contribution is 2.37. The number of aliphatic carboxylic acids is 1. The van der Waals surface area contributed by atoms with Crippen LogP contribution in [0.1, 0.15) is 45.5 Å². The first kappa shape index (κ1) is 24.3. The zero-order chi connectivity index (χ0) is 23.6. The van der Waals surface area contributed by atoms with Crippen molar-refractivity contribution in [3.63, 3.8) is 0 Å². The van der Waals surface area contributed by atoms with E-state index in [1.54, 1.807) is 0 Å². The van der Waals surface area contributed by atoms with Crippen molar-refractivity contribution in [3.05, 3.63) is 69.8 Å². The lowest BCUT2D eigenvalue weighted by atomic mass is 10.0. The third-order valence-electron chi connectivity index (χ3n) is 4.41. The quantitative estimate of drug-likeness (QED) is 0.594. The molecule has 11 heteroatoms. The van der Waals surface area contributed by atoms with Gasteiger partial charge < -0.3 is 5.11 Å². The molecule has 0 aromatic heterocycles. The van der Waals surface area contributed by atoms with E-state index in [9.17, 15) is 44.7 Å². The Kier molecular flexibility index (Phi) is 7.07. The number of benzene rings is 2. The fraction of sp³-hybridized carbons (Fsp3) is 0.300. The maximum absolute atomic E-state index is 12.9. The third kappa shape index (κ3) is 6.25. The molecule has 0 saturated heterocycles. The molecule has 1 aliphatic rings. The number of hydrogen-bond donors (Lipinski definition) is 1. The van der Waals surface area contributed by atoms with Gasteiger partial charge in [0.1, 0.15) is 11.6 Å². The number of alkyl halides is 6. The number of hydrogen-bond acceptors (Lipinski definition) is 2. The number of carbonyl (C=O) groups excluding carboxylic acids is 1. The molecule has 3 rings (SSSR count). The molecule has 3 nitrogen and oxygen atoms in total. The zero-order valence-electron chi connectivity index (χ0n) is 15.5. The lowest BCUT2D eigenvalue weighted by molar-refractivity contribution is -0.140. The van der Waals surface area contributed by atoms with Crippen LogP contribution in [-0.4, -0.2) is 16.9 Å². The summed E-state index contributed by atoms with van der Waals surface area (Å²) in [6.45, 7) is 0. The molecule has 2 aromatic carbocycles. The SMILES string of the molecule is O=C(O)CCc1ccc(F)cc1C(F)(F)F.O=C1CCc2c1cc(F)cc2C(F)(F)F. The second-order valence-corrected chi connectivity index (χ2v) is 6.59. The molecular formula is C20H14F8O3. The molecule has 2 aromatic rings. The van der Waals surface area contributed by atoms with Crippen molar-refractivity contribution < 1.29 is 49.8 Å². The van der Waals surface area contributed by atoms with Crippen LogP contribution >= 0.6 is 0 Å². The minimum absolute atomic E-state index is 0.0296. The number of fused-ring (bicyclic) bond motifs is 1. The van der Waals surface area contributed by atoms with Gasteiger partial charge in [0.15, 0.2) is 5.78 Å². The van der Waals surface area contributed by atoms with Crippen LogP contribution in [0, 0.1) is 11.6 Å². The highest BCUT2D eigenvalue weighted by Gasteiger charge is 2.37. The number of carbonyl (C=O) groups is 2. The van der Waals surface area contributed by atoms with Crippen LogP contribution in [0.4, 0.5) is 35.1 Å². The van der Waals surface area contributed by atoms with E-state index in [0.29, 0.717) is 12.1 Å². The molecule has 0 bridgehead atoms. The van der Waals surface area contributed by atoms with Crippen LogP contribution in [0.25, 0.3) is 0 Å². The number of rotatable bonds is 3. The Bertz CT molecular complexity index is 993. The Labute approximate surface area is 170 Å². The van der Waals surface area contributed by atoms with Gasteiger partial charge in [-0.25, -0.2) is 8.78 Å². The summed E-state index contributed by atoms with van der Waals surface area (Å²) in [7, 11) is 0. The van der Waals surface area contributed by atoms with Crippen molar-refractivity contribution in [2.24, 2.45) is 0 Å². The van der Waals surface area contributed by atoms with Crippen molar-refractivity contribution >= 4 is 11.8 Å². The lowest BCUT2D eigenvalue weighted by Crippen LogP contribution is -2.11. The molecule has 0 unspecified atom stereocenters. The Balaban J connectivity index is 0.000000220. The van der Waals surface area contributed by atoms with E-state index >= 15 is 0 Å². The number of ketones is 1. The van der Waals surface area contributed by atoms with Gasteiger partial charge in [-0.3, -0.25) is 9.59 Å². The fourth-order valence-corrected chi connectivity index (χ4v) is 3.05. The first-order chi connectivity index (χ1) is 14.2. The van der Waals surface area contributed by atoms with Crippen molar-refractivity contribution in [2.45, 2.75) is 38.0 Å². The van der Waals surface area contributed by atoms with Crippen LogP contribution in [0.2, 0.25) is 0 Å². The molecule has 0 amide bonds. The first-order valence-corrected chi connectivity index (χ1v) is 8.70. The van der Waals surface area contributed by atoms with Gasteiger partial charge in [0.25, 0.3) is 0 Å². The van der Waals surface area contributed by atoms with Crippen molar-refractivity contribution in [1.29, 1.82) is 0 Å². The maximum atomic E-state index is 12.9. The highest BCUT2D eigenvalue weighted by atomic mass is 19.4. The van der Waals surface area contributed by atoms with Gasteiger partial charge in [0.05, 0.1) is 11.1 Å². The second-order valence-electron chi connectivity index (χ2n) is 6.59. The monoisotopic (exact) mass is 454 g/mol. The Hall–Kier alpha value is -2.98. The van der Waals surface area contributed by atoms with Gasteiger partial charge in [0, 0.05) is 18.4 Å². The van der Waals surface area contributed by atoms with E-state index in [1.807, 2.05) is 0 Å². The molecule has 0 heterocycles. The number of halogens is 8.